The van der Waals surface area contributed by atoms with Crippen molar-refractivity contribution in [1.29, 1.82) is 0 Å². The van der Waals surface area contributed by atoms with Crippen molar-refractivity contribution in [3.8, 4) is 0 Å². The molecule has 0 saturated heterocycles. The summed E-state index contributed by atoms with van der Waals surface area (Å²) in [6.07, 6.45) is 78.3. The molecule has 0 aromatic heterocycles. The van der Waals surface area contributed by atoms with Crippen molar-refractivity contribution in [3.63, 3.8) is 0 Å². The average Bonchev–Trinajstić information content (AvgIpc) is 3.41. The summed E-state index contributed by atoms with van der Waals surface area (Å²) >= 11 is 0. The van der Waals surface area contributed by atoms with Gasteiger partial charge in [-0.1, -0.05) is 334 Å². The first-order chi connectivity index (χ1) is 37.0. The molecule has 0 aliphatic rings. The first-order valence-corrected chi connectivity index (χ1v) is 33.8. The van der Waals surface area contributed by atoms with E-state index in [1.54, 1.807) is 0 Å². The van der Waals surface area contributed by atoms with Crippen LogP contribution in [0.5, 0.6) is 0 Å². The standard InChI is InChI=1S/C69H130O6/c1-4-7-10-13-15-17-19-21-23-25-27-29-31-33-34-36-37-39-41-43-45-47-49-51-53-56-59-62-68(71)74-65-66(64-73-67(70)61-58-55-12-9-6-3)75-69(72)63-60-57-54-52-50-48-46-44-42-40-38-35-32-30-28-26-24-22-20-18-16-14-11-8-5-2/h20,22,26,28,66H,4-19,21,23-25,27,29-65H2,1-3H3/b22-20-,28-26-. The lowest BCUT2D eigenvalue weighted by Crippen LogP contribution is -2.30. The first-order valence-electron chi connectivity index (χ1n) is 33.8. The molecule has 0 fully saturated rings. The summed E-state index contributed by atoms with van der Waals surface area (Å²) in [6.45, 7) is 6.62. The predicted octanol–water partition coefficient (Wildman–Crippen LogP) is 23.0. The van der Waals surface area contributed by atoms with Gasteiger partial charge in [0.1, 0.15) is 13.2 Å². The summed E-state index contributed by atoms with van der Waals surface area (Å²) in [6, 6.07) is 0. The molecule has 0 spiro atoms. The van der Waals surface area contributed by atoms with Crippen LogP contribution in [0.25, 0.3) is 0 Å². The van der Waals surface area contributed by atoms with Crippen LogP contribution in [0.2, 0.25) is 0 Å². The highest BCUT2D eigenvalue weighted by atomic mass is 16.6. The topological polar surface area (TPSA) is 78.9 Å². The van der Waals surface area contributed by atoms with E-state index in [1.807, 2.05) is 0 Å². The van der Waals surface area contributed by atoms with Gasteiger partial charge in [-0.25, -0.2) is 0 Å². The molecule has 6 heteroatoms. The van der Waals surface area contributed by atoms with E-state index in [2.05, 4.69) is 45.1 Å². The van der Waals surface area contributed by atoms with Gasteiger partial charge in [0.25, 0.3) is 0 Å². The average molecular weight is 1060 g/mol. The van der Waals surface area contributed by atoms with E-state index in [1.165, 1.54) is 270 Å². The van der Waals surface area contributed by atoms with Crippen molar-refractivity contribution in [2.75, 3.05) is 13.2 Å². The molecule has 0 N–H and O–H groups in total. The zero-order chi connectivity index (χ0) is 54.3. The molecule has 0 rings (SSSR count). The maximum Gasteiger partial charge on any atom is 0.306 e. The van der Waals surface area contributed by atoms with Crippen molar-refractivity contribution in [3.05, 3.63) is 24.3 Å². The smallest absolute Gasteiger partial charge is 0.306 e. The molecule has 1 atom stereocenters. The highest BCUT2D eigenvalue weighted by molar-refractivity contribution is 5.71. The molecule has 0 aliphatic carbocycles. The van der Waals surface area contributed by atoms with E-state index in [4.69, 9.17) is 14.2 Å². The second kappa shape index (κ2) is 64.4. The summed E-state index contributed by atoms with van der Waals surface area (Å²) in [4.78, 5) is 38.0. The lowest BCUT2D eigenvalue weighted by Gasteiger charge is -2.18. The van der Waals surface area contributed by atoms with Gasteiger partial charge in [-0.3, -0.25) is 14.4 Å². The molecule has 1 unspecified atom stereocenters. The Labute approximate surface area is 468 Å². The minimum absolute atomic E-state index is 0.0664. The molecule has 6 nitrogen and oxygen atoms in total. The van der Waals surface area contributed by atoms with Gasteiger partial charge in [-0.2, -0.15) is 0 Å². The Morgan fingerprint density at radius 2 is 0.480 bits per heavy atom. The summed E-state index contributed by atoms with van der Waals surface area (Å²) in [5.74, 6) is -0.856. The van der Waals surface area contributed by atoms with Crippen LogP contribution in [0.1, 0.15) is 380 Å². The van der Waals surface area contributed by atoms with Crippen molar-refractivity contribution < 1.29 is 28.6 Å². The molecular weight excluding hydrogens is 925 g/mol. The summed E-state index contributed by atoms with van der Waals surface area (Å²) < 4.78 is 16.8. The fraction of sp³-hybridized carbons (Fsp3) is 0.899. The third kappa shape index (κ3) is 62.6. The van der Waals surface area contributed by atoms with Gasteiger partial charge in [0.05, 0.1) is 0 Å². The molecule has 0 bridgehead atoms. The minimum Gasteiger partial charge on any atom is -0.462 e. The maximum atomic E-state index is 12.8. The van der Waals surface area contributed by atoms with E-state index in [9.17, 15) is 14.4 Å². The Bertz CT molecular complexity index is 1210. The largest absolute Gasteiger partial charge is 0.462 e. The molecule has 0 radical (unpaired) electrons. The highest BCUT2D eigenvalue weighted by Crippen LogP contribution is 2.18. The lowest BCUT2D eigenvalue weighted by atomic mass is 10.0. The molecule has 0 aromatic rings. The molecule has 0 saturated carbocycles. The summed E-state index contributed by atoms with van der Waals surface area (Å²) in [7, 11) is 0. The molecule has 0 heterocycles. The van der Waals surface area contributed by atoms with Gasteiger partial charge in [-0.05, 0) is 51.4 Å². The molecular formula is C69H130O6. The maximum absolute atomic E-state index is 12.8. The monoisotopic (exact) mass is 1050 g/mol. The second-order valence-electron chi connectivity index (χ2n) is 23.1. The van der Waals surface area contributed by atoms with Crippen LogP contribution < -0.4 is 0 Å². The molecule has 0 aliphatic heterocycles. The molecule has 75 heavy (non-hydrogen) atoms. The normalized spacial score (nSPS) is 12.1. The van der Waals surface area contributed by atoms with Gasteiger partial charge in [0.2, 0.25) is 0 Å². The summed E-state index contributed by atoms with van der Waals surface area (Å²) in [5, 5.41) is 0. The van der Waals surface area contributed by atoms with E-state index < -0.39 is 6.10 Å². The minimum atomic E-state index is -0.765. The second-order valence-corrected chi connectivity index (χ2v) is 23.1. The van der Waals surface area contributed by atoms with Gasteiger partial charge >= 0.3 is 17.9 Å². The number of ether oxygens (including phenoxy) is 3. The van der Waals surface area contributed by atoms with Gasteiger partial charge in [0.15, 0.2) is 6.10 Å². The van der Waals surface area contributed by atoms with Crippen LogP contribution >= 0.6 is 0 Å². The fourth-order valence-electron chi connectivity index (χ4n) is 10.4. The quantitative estimate of drug-likeness (QED) is 0.0261. The highest BCUT2D eigenvalue weighted by Gasteiger charge is 2.19. The zero-order valence-electron chi connectivity index (χ0n) is 50.8. The summed E-state index contributed by atoms with van der Waals surface area (Å²) in [5.41, 5.74) is 0. The number of carbonyl (C=O) groups excluding carboxylic acids is 3. The molecule has 442 valence electrons. The number of allylic oxidation sites excluding steroid dienone is 4. The van der Waals surface area contributed by atoms with Crippen molar-refractivity contribution in [2.24, 2.45) is 0 Å². The molecule has 0 amide bonds. The Morgan fingerprint density at radius 1 is 0.267 bits per heavy atom. The predicted molar refractivity (Wildman–Crippen MR) is 326 cm³/mol. The Balaban J connectivity index is 3.95. The van der Waals surface area contributed by atoms with E-state index in [0.29, 0.717) is 19.3 Å². The first kappa shape index (κ1) is 72.9. The number of rotatable bonds is 63. The van der Waals surface area contributed by atoms with Crippen LogP contribution in [-0.2, 0) is 28.6 Å². The Kier molecular flexibility index (Phi) is 62.6. The number of esters is 3. The SMILES string of the molecule is CCCCCCC/C=C\C/C=C\CCCCCCCCCCCCCCCC(=O)OC(COC(=O)CCCCCCC)COC(=O)CCCCCCCCCCCCCCCCCCCCCCCCCCCCC. The van der Waals surface area contributed by atoms with Crippen molar-refractivity contribution in [2.45, 2.75) is 386 Å². The third-order valence-corrected chi connectivity index (χ3v) is 15.5. The van der Waals surface area contributed by atoms with E-state index in [0.717, 1.165) is 70.6 Å². The van der Waals surface area contributed by atoms with Crippen LogP contribution in [0.4, 0.5) is 0 Å². The van der Waals surface area contributed by atoms with Gasteiger partial charge < -0.3 is 14.2 Å². The molecule has 0 aromatic carbocycles. The van der Waals surface area contributed by atoms with Gasteiger partial charge in [-0.15, -0.1) is 0 Å². The van der Waals surface area contributed by atoms with Gasteiger partial charge in [0, 0.05) is 19.3 Å². The number of carbonyl (C=O) groups is 3. The van der Waals surface area contributed by atoms with Crippen molar-refractivity contribution >= 4 is 17.9 Å². The van der Waals surface area contributed by atoms with Crippen LogP contribution in [-0.4, -0.2) is 37.2 Å². The number of hydrogen-bond acceptors (Lipinski definition) is 6. The number of hydrogen-bond donors (Lipinski definition) is 0. The number of unbranched alkanes of at least 4 members (excludes halogenated alkanes) is 48. The zero-order valence-corrected chi connectivity index (χ0v) is 50.8. The fourth-order valence-corrected chi connectivity index (χ4v) is 10.4. The lowest BCUT2D eigenvalue weighted by molar-refractivity contribution is -0.167. The van der Waals surface area contributed by atoms with Crippen LogP contribution in [0.3, 0.4) is 0 Å². The van der Waals surface area contributed by atoms with Crippen LogP contribution in [0, 0.1) is 0 Å². The van der Waals surface area contributed by atoms with E-state index >= 15 is 0 Å². The van der Waals surface area contributed by atoms with Crippen LogP contribution in [0.15, 0.2) is 24.3 Å². The van der Waals surface area contributed by atoms with E-state index in [-0.39, 0.29) is 31.1 Å². The Hall–Kier alpha value is -2.11. The Morgan fingerprint density at radius 3 is 0.733 bits per heavy atom. The third-order valence-electron chi connectivity index (χ3n) is 15.5. The van der Waals surface area contributed by atoms with Crippen molar-refractivity contribution in [1.82, 2.24) is 0 Å².